The molecule has 164 valence electrons. The number of hydrogen-bond acceptors (Lipinski definition) is 7. The summed E-state index contributed by atoms with van der Waals surface area (Å²) in [5.74, 6) is 0.564. The fourth-order valence-corrected chi connectivity index (χ4v) is 4.02. The molecule has 10 heteroatoms. The van der Waals surface area contributed by atoms with Crippen molar-refractivity contribution in [2.24, 2.45) is 0 Å². The van der Waals surface area contributed by atoms with Gasteiger partial charge in [-0.3, -0.25) is 9.48 Å². The maximum atomic E-state index is 11.6. The number of aromatic amines is 1. The van der Waals surface area contributed by atoms with Gasteiger partial charge in [0.15, 0.2) is 5.65 Å². The molecule has 5 rings (SSSR count). The Hall–Kier alpha value is -4.31. The molecule has 0 aliphatic heterocycles. The van der Waals surface area contributed by atoms with Crippen LogP contribution in [0.4, 0.5) is 5.69 Å². The lowest BCUT2D eigenvalue weighted by molar-refractivity contribution is -0.111. The summed E-state index contributed by atoms with van der Waals surface area (Å²) in [6.45, 7) is 6.03. The summed E-state index contributed by atoms with van der Waals surface area (Å²) >= 11 is 1.60. The summed E-state index contributed by atoms with van der Waals surface area (Å²) in [4.78, 5) is 28.2. The van der Waals surface area contributed by atoms with Crippen LogP contribution in [0.2, 0.25) is 0 Å². The zero-order valence-electron chi connectivity index (χ0n) is 17.6. The molecule has 9 nitrogen and oxygen atoms in total. The molecule has 0 saturated heterocycles. The van der Waals surface area contributed by atoms with Crippen LogP contribution >= 0.6 is 11.3 Å². The number of nitrogens with one attached hydrogen (secondary N) is 2. The third kappa shape index (κ3) is 4.37. The average molecular weight is 458 g/mol. The Kier molecular flexibility index (Phi) is 5.41. The topological polar surface area (TPSA) is 111 Å². The second-order valence-electron chi connectivity index (χ2n) is 7.18. The van der Waals surface area contributed by atoms with E-state index in [4.69, 9.17) is 4.74 Å². The molecule has 5 aromatic rings. The summed E-state index contributed by atoms with van der Waals surface area (Å²) in [5.41, 5.74) is 4.65. The molecule has 0 atom stereocenters. The smallest absolute Gasteiger partial charge is 0.247 e. The first-order valence-electron chi connectivity index (χ1n) is 10.1. The third-order valence-corrected chi connectivity index (χ3v) is 5.65. The first-order chi connectivity index (χ1) is 16.1. The zero-order valence-corrected chi connectivity index (χ0v) is 18.5. The normalized spacial score (nSPS) is 10.9. The van der Waals surface area contributed by atoms with Crippen molar-refractivity contribution in [1.29, 1.82) is 0 Å². The van der Waals surface area contributed by atoms with Crippen molar-refractivity contribution in [1.82, 2.24) is 29.7 Å². The van der Waals surface area contributed by atoms with Gasteiger partial charge in [0.25, 0.3) is 0 Å². The van der Waals surface area contributed by atoms with Gasteiger partial charge in [-0.15, -0.1) is 11.3 Å². The highest BCUT2D eigenvalue weighted by Gasteiger charge is 2.16. The number of ether oxygens (including phenoxy) is 1. The number of benzene rings is 1. The molecule has 1 aromatic carbocycles. The van der Waals surface area contributed by atoms with Crippen molar-refractivity contribution in [3.05, 3.63) is 77.8 Å². The predicted octanol–water partition coefficient (Wildman–Crippen LogP) is 4.55. The molecule has 1 amide bonds. The Morgan fingerprint density at radius 1 is 1.33 bits per heavy atom. The van der Waals surface area contributed by atoms with Crippen molar-refractivity contribution in [3.63, 3.8) is 0 Å². The summed E-state index contributed by atoms with van der Waals surface area (Å²) in [6, 6.07) is 7.03. The standard InChI is InChI=1S/C23H19N7O2S/c1-3-19(31)27-15-5-4-6-16(9-15)32-20-11-26-23-22(28-20)17(10-25-23)18-12-30(29-14(18)2)13-21-24-7-8-33-21/h3-12H,1,13H2,2H3,(H,25,26)(H,27,31). The molecule has 0 saturated carbocycles. The highest BCUT2D eigenvalue weighted by atomic mass is 32.1. The number of anilines is 1. The molecule has 2 N–H and O–H groups in total. The zero-order chi connectivity index (χ0) is 22.8. The van der Waals surface area contributed by atoms with Crippen LogP contribution < -0.4 is 10.1 Å². The number of thiazole rings is 1. The number of hydrogen-bond donors (Lipinski definition) is 2. The number of fused-ring (bicyclic) bond motifs is 1. The minimum Gasteiger partial charge on any atom is -0.437 e. The number of aryl methyl sites for hydroxylation is 1. The van der Waals surface area contributed by atoms with Crippen LogP contribution in [-0.4, -0.2) is 35.6 Å². The molecule has 0 aliphatic rings. The van der Waals surface area contributed by atoms with Gasteiger partial charge in [0.2, 0.25) is 11.8 Å². The molecule has 4 aromatic heterocycles. The number of rotatable bonds is 7. The second kappa shape index (κ2) is 8.67. The Balaban J connectivity index is 1.43. The van der Waals surface area contributed by atoms with Crippen molar-refractivity contribution in [3.8, 4) is 22.8 Å². The minimum atomic E-state index is -0.295. The number of amides is 1. The Morgan fingerprint density at radius 2 is 2.24 bits per heavy atom. The van der Waals surface area contributed by atoms with Crippen LogP contribution in [0.3, 0.4) is 0 Å². The van der Waals surface area contributed by atoms with Gasteiger partial charge < -0.3 is 15.0 Å². The highest BCUT2D eigenvalue weighted by molar-refractivity contribution is 7.09. The van der Waals surface area contributed by atoms with E-state index in [2.05, 4.69) is 36.9 Å². The molecule has 33 heavy (non-hydrogen) atoms. The predicted molar refractivity (Wildman–Crippen MR) is 126 cm³/mol. The minimum absolute atomic E-state index is 0.295. The molecule has 0 radical (unpaired) electrons. The van der Waals surface area contributed by atoms with E-state index in [9.17, 15) is 4.79 Å². The van der Waals surface area contributed by atoms with Gasteiger partial charge in [-0.25, -0.2) is 15.0 Å². The summed E-state index contributed by atoms with van der Waals surface area (Å²) in [7, 11) is 0. The maximum Gasteiger partial charge on any atom is 0.247 e. The van der Waals surface area contributed by atoms with Gasteiger partial charge in [0, 0.05) is 46.9 Å². The van der Waals surface area contributed by atoms with Gasteiger partial charge in [0.1, 0.15) is 16.3 Å². The molecular formula is C23H19N7O2S. The first kappa shape index (κ1) is 20.6. The largest absolute Gasteiger partial charge is 0.437 e. The van der Waals surface area contributed by atoms with E-state index in [1.54, 1.807) is 48.0 Å². The summed E-state index contributed by atoms with van der Waals surface area (Å²) in [6.07, 6.45) is 8.41. The molecular weight excluding hydrogens is 438 g/mol. The Bertz CT molecular complexity index is 1450. The maximum absolute atomic E-state index is 11.6. The van der Waals surface area contributed by atoms with Crippen LogP contribution in [0.5, 0.6) is 11.6 Å². The number of nitrogens with zero attached hydrogens (tertiary/aromatic N) is 5. The average Bonchev–Trinajstić information content (AvgIpc) is 3.54. The van der Waals surface area contributed by atoms with E-state index in [1.807, 2.05) is 29.4 Å². The van der Waals surface area contributed by atoms with Crippen LogP contribution in [0, 0.1) is 6.92 Å². The van der Waals surface area contributed by atoms with E-state index in [1.165, 1.54) is 6.08 Å². The molecule has 0 bridgehead atoms. The van der Waals surface area contributed by atoms with Gasteiger partial charge in [0.05, 0.1) is 18.4 Å². The van der Waals surface area contributed by atoms with Crippen molar-refractivity contribution in [2.45, 2.75) is 13.5 Å². The number of carbonyl (C=O) groups excluding carboxylic acids is 1. The Morgan fingerprint density at radius 3 is 3.06 bits per heavy atom. The SMILES string of the molecule is C=CC(=O)Nc1cccc(Oc2cnc3[nH]cc(-c4cn(Cc5nccs5)nc4C)c3n2)c1. The van der Waals surface area contributed by atoms with Crippen molar-refractivity contribution in [2.75, 3.05) is 5.32 Å². The fraction of sp³-hybridized carbons (Fsp3) is 0.0870. The quantitative estimate of drug-likeness (QED) is 0.347. The van der Waals surface area contributed by atoms with E-state index >= 15 is 0 Å². The first-order valence-corrected chi connectivity index (χ1v) is 11.0. The van der Waals surface area contributed by atoms with Crippen LogP contribution in [0.15, 0.2) is 67.1 Å². The summed E-state index contributed by atoms with van der Waals surface area (Å²) < 4.78 is 7.79. The van der Waals surface area contributed by atoms with E-state index in [0.29, 0.717) is 35.0 Å². The van der Waals surface area contributed by atoms with Gasteiger partial charge in [-0.1, -0.05) is 12.6 Å². The van der Waals surface area contributed by atoms with Crippen LogP contribution in [0.25, 0.3) is 22.3 Å². The van der Waals surface area contributed by atoms with E-state index in [-0.39, 0.29) is 5.91 Å². The molecule has 0 unspecified atom stereocenters. The third-order valence-electron chi connectivity index (χ3n) is 4.89. The monoisotopic (exact) mass is 457 g/mol. The second-order valence-corrected chi connectivity index (χ2v) is 8.16. The number of H-pyrrole nitrogens is 1. The number of aromatic nitrogens is 6. The molecule has 4 heterocycles. The number of carbonyl (C=O) groups is 1. The van der Waals surface area contributed by atoms with Crippen LogP contribution in [-0.2, 0) is 11.3 Å². The molecule has 0 fully saturated rings. The lowest BCUT2D eigenvalue weighted by atomic mass is 10.1. The lowest BCUT2D eigenvalue weighted by Gasteiger charge is -2.07. The van der Waals surface area contributed by atoms with Gasteiger partial charge >= 0.3 is 0 Å². The summed E-state index contributed by atoms with van der Waals surface area (Å²) in [5, 5.41) is 10.3. The van der Waals surface area contributed by atoms with Crippen LogP contribution in [0.1, 0.15) is 10.7 Å². The fourth-order valence-electron chi connectivity index (χ4n) is 3.41. The van der Waals surface area contributed by atoms with Crippen molar-refractivity contribution < 1.29 is 9.53 Å². The Labute approximate surface area is 192 Å². The van der Waals surface area contributed by atoms with Gasteiger partial charge in [-0.2, -0.15) is 5.10 Å². The van der Waals surface area contributed by atoms with E-state index in [0.717, 1.165) is 21.8 Å². The van der Waals surface area contributed by atoms with Crippen molar-refractivity contribution >= 4 is 34.1 Å². The lowest BCUT2D eigenvalue weighted by Crippen LogP contribution is -2.07. The molecule has 0 aliphatic carbocycles. The molecule has 0 spiro atoms. The van der Waals surface area contributed by atoms with E-state index < -0.39 is 0 Å². The van der Waals surface area contributed by atoms with Gasteiger partial charge in [-0.05, 0) is 25.1 Å². The highest BCUT2D eigenvalue weighted by Crippen LogP contribution is 2.31.